The summed E-state index contributed by atoms with van der Waals surface area (Å²) in [5.74, 6) is -0.782. The summed E-state index contributed by atoms with van der Waals surface area (Å²) in [5.41, 5.74) is 1.17. The molecule has 124 valence electrons. The van der Waals surface area contributed by atoms with Gasteiger partial charge in [0.1, 0.15) is 18.3 Å². The van der Waals surface area contributed by atoms with Gasteiger partial charge in [0, 0.05) is 0 Å². The minimum absolute atomic E-state index is 0.139. The average molecular weight is 319 g/mol. The number of rotatable bonds is 7. The summed E-state index contributed by atoms with van der Waals surface area (Å²) >= 11 is 0. The fourth-order valence-electron chi connectivity index (χ4n) is 2.73. The Bertz CT molecular complexity index is 596. The van der Waals surface area contributed by atoms with E-state index in [1.54, 1.807) is 6.92 Å². The van der Waals surface area contributed by atoms with E-state index in [1.807, 2.05) is 37.3 Å². The third-order valence-electron chi connectivity index (χ3n) is 3.90. The molecule has 0 radical (unpaired) electrons. The molecule has 6 nitrogen and oxygen atoms in total. The van der Waals surface area contributed by atoms with Crippen LogP contribution < -0.4 is 0 Å². The lowest BCUT2D eigenvalue weighted by Gasteiger charge is -2.14. The van der Waals surface area contributed by atoms with E-state index in [-0.39, 0.29) is 6.61 Å². The van der Waals surface area contributed by atoms with Crippen LogP contribution in [0.15, 0.2) is 41.7 Å². The summed E-state index contributed by atoms with van der Waals surface area (Å²) in [6.45, 7) is 3.72. The van der Waals surface area contributed by atoms with Crippen LogP contribution in [0, 0.1) is 16.0 Å². The lowest BCUT2D eigenvalue weighted by atomic mass is 9.93. The van der Waals surface area contributed by atoms with Gasteiger partial charge in [-0.1, -0.05) is 50.1 Å². The Labute approximate surface area is 135 Å². The minimum atomic E-state index is -1.19. The van der Waals surface area contributed by atoms with E-state index in [0.29, 0.717) is 17.8 Å². The summed E-state index contributed by atoms with van der Waals surface area (Å²) in [6.07, 6.45) is 1.03. The maximum Gasteiger partial charge on any atom is 0.360 e. The second-order valence-electron chi connectivity index (χ2n) is 5.57. The zero-order chi connectivity index (χ0) is 16.8. The quantitative estimate of drug-likeness (QED) is 0.437. The highest BCUT2D eigenvalue weighted by molar-refractivity contribution is 5.90. The van der Waals surface area contributed by atoms with Crippen LogP contribution in [0.3, 0.4) is 0 Å². The van der Waals surface area contributed by atoms with E-state index in [2.05, 4.69) is 0 Å². The molecule has 6 heteroatoms. The average Bonchev–Trinajstić information content (AvgIpc) is 2.88. The number of benzene rings is 1. The molecule has 0 saturated heterocycles. The Morgan fingerprint density at radius 2 is 2.04 bits per heavy atom. The fraction of sp³-hybridized carbons (Fsp3) is 0.471. The van der Waals surface area contributed by atoms with Crippen LogP contribution in [-0.4, -0.2) is 17.1 Å². The number of carbonyl (C=O) groups is 1. The second kappa shape index (κ2) is 7.76. The maximum atomic E-state index is 12.4. The molecule has 23 heavy (non-hydrogen) atoms. The number of allylic oxidation sites excluding steroid dienone is 1. The van der Waals surface area contributed by atoms with Crippen molar-refractivity contribution in [2.75, 3.05) is 0 Å². The van der Waals surface area contributed by atoms with Gasteiger partial charge in [-0.3, -0.25) is 10.1 Å². The monoisotopic (exact) mass is 319 g/mol. The summed E-state index contributed by atoms with van der Waals surface area (Å²) in [7, 11) is 0. The van der Waals surface area contributed by atoms with Crippen LogP contribution in [0.4, 0.5) is 0 Å². The molecule has 0 amide bonds. The van der Waals surface area contributed by atoms with Gasteiger partial charge in [0.05, 0.1) is 10.5 Å². The first-order valence-electron chi connectivity index (χ1n) is 7.76. The van der Waals surface area contributed by atoms with Crippen molar-refractivity contribution in [3.63, 3.8) is 0 Å². The first-order valence-corrected chi connectivity index (χ1v) is 7.76. The topological polar surface area (TPSA) is 78.7 Å². The number of esters is 1. The molecule has 0 saturated carbocycles. The Hall–Kier alpha value is -2.37. The highest BCUT2D eigenvalue weighted by atomic mass is 16.7. The molecule has 1 aliphatic rings. The summed E-state index contributed by atoms with van der Waals surface area (Å²) < 4.78 is 10.6. The molecule has 2 rings (SSSR count). The summed E-state index contributed by atoms with van der Waals surface area (Å²) in [6, 6.07) is 9.31. The van der Waals surface area contributed by atoms with Crippen LogP contribution in [0.2, 0.25) is 0 Å². The van der Waals surface area contributed by atoms with Crippen LogP contribution >= 0.6 is 0 Å². The first-order chi connectivity index (χ1) is 11.0. The number of ether oxygens (including phenoxy) is 2. The van der Waals surface area contributed by atoms with Gasteiger partial charge in [-0.05, 0) is 18.9 Å². The number of nitrogens with zero attached hydrogens (tertiary/aromatic N) is 1. The molecule has 0 aliphatic carbocycles. The number of unbranched alkanes of at least 4 members (excludes halogenated alkanes) is 1. The largest absolute Gasteiger partial charge is 0.457 e. The fourth-order valence-corrected chi connectivity index (χ4v) is 2.73. The third kappa shape index (κ3) is 4.09. The van der Waals surface area contributed by atoms with Gasteiger partial charge in [-0.2, -0.15) is 0 Å². The number of nitro groups is 1. The van der Waals surface area contributed by atoms with Gasteiger partial charge in [0.2, 0.25) is 0 Å². The lowest BCUT2D eigenvalue weighted by molar-refractivity contribution is -0.575. The molecule has 0 spiro atoms. The number of carbonyl (C=O) groups excluding carboxylic acids is 1. The van der Waals surface area contributed by atoms with Crippen molar-refractivity contribution in [1.82, 2.24) is 0 Å². The number of hydrogen-bond donors (Lipinski definition) is 0. The summed E-state index contributed by atoms with van der Waals surface area (Å²) in [4.78, 5) is 23.1. The van der Waals surface area contributed by atoms with Gasteiger partial charge in [-0.15, -0.1) is 0 Å². The van der Waals surface area contributed by atoms with Crippen LogP contribution in [0.5, 0.6) is 0 Å². The van der Waals surface area contributed by atoms with E-state index < -0.39 is 23.0 Å². The number of hydrogen-bond acceptors (Lipinski definition) is 5. The molecular formula is C17H21NO5. The van der Waals surface area contributed by atoms with Crippen molar-refractivity contribution >= 4 is 5.97 Å². The Morgan fingerprint density at radius 3 is 2.65 bits per heavy atom. The van der Waals surface area contributed by atoms with Crippen molar-refractivity contribution in [1.29, 1.82) is 0 Å². The highest BCUT2D eigenvalue weighted by Gasteiger charge is 2.46. The second-order valence-corrected chi connectivity index (χ2v) is 5.57. The smallest absolute Gasteiger partial charge is 0.360 e. The van der Waals surface area contributed by atoms with Gasteiger partial charge in [0.25, 0.3) is 0 Å². The van der Waals surface area contributed by atoms with Crippen molar-refractivity contribution in [2.24, 2.45) is 5.92 Å². The SMILES string of the molecule is CCCC[C@@H]1C(C(=O)OCc2ccccc2)=C(C)O[C@H]1[N+](=O)[O-]. The predicted molar refractivity (Wildman–Crippen MR) is 83.8 cm³/mol. The molecule has 0 bridgehead atoms. The standard InChI is InChI=1S/C17H21NO5/c1-3-4-10-14-15(12(2)23-16(14)18(20)21)17(19)22-11-13-8-6-5-7-9-13/h5-9,14,16H,3-4,10-11H2,1-2H3/t14-,16-/m1/s1. The van der Waals surface area contributed by atoms with E-state index in [1.165, 1.54) is 0 Å². The van der Waals surface area contributed by atoms with Crippen molar-refractivity contribution < 1.29 is 19.2 Å². The van der Waals surface area contributed by atoms with Gasteiger partial charge in [0.15, 0.2) is 0 Å². The zero-order valence-corrected chi connectivity index (χ0v) is 13.4. The van der Waals surface area contributed by atoms with Gasteiger partial charge >= 0.3 is 12.2 Å². The third-order valence-corrected chi connectivity index (χ3v) is 3.90. The lowest BCUT2D eigenvalue weighted by Crippen LogP contribution is -2.29. The van der Waals surface area contributed by atoms with Crippen molar-refractivity contribution in [2.45, 2.75) is 45.9 Å². The highest BCUT2D eigenvalue weighted by Crippen LogP contribution is 2.35. The van der Waals surface area contributed by atoms with E-state index >= 15 is 0 Å². The minimum Gasteiger partial charge on any atom is -0.457 e. The molecule has 1 aromatic carbocycles. The summed E-state index contributed by atoms with van der Waals surface area (Å²) in [5, 5.41) is 11.2. The normalized spacial score (nSPS) is 20.3. The molecule has 2 atom stereocenters. The van der Waals surface area contributed by atoms with Crippen molar-refractivity contribution in [3.8, 4) is 0 Å². The molecule has 0 fully saturated rings. The predicted octanol–water partition coefficient (Wildman–Crippen LogP) is 3.44. The molecule has 1 aromatic rings. The zero-order valence-electron chi connectivity index (χ0n) is 13.4. The molecule has 1 aliphatic heterocycles. The Balaban J connectivity index is 2.09. The molecular weight excluding hydrogens is 298 g/mol. The molecule has 0 N–H and O–H groups in total. The van der Waals surface area contributed by atoms with Crippen LogP contribution in [0.25, 0.3) is 0 Å². The Kier molecular flexibility index (Phi) is 5.73. The van der Waals surface area contributed by atoms with Crippen LogP contribution in [-0.2, 0) is 20.9 Å². The first kappa shape index (κ1) is 17.0. The van der Waals surface area contributed by atoms with Gasteiger partial charge < -0.3 is 9.47 Å². The molecule has 0 unspecified atom stereocenters. The molecule has 1 heterocycles. The van der Waals surface area contributed by atoms with Gasteiger partial charge in [-0.25, -0.2) is 4.79 Å². The van der Waals surface area contributed by atoms with E-state index in [9.17, 15) is 14.9 Å². The van der Waals surface area contributed by atoms with E-state index in [0.717, 1.165) is 18.4 Å². The van der Waals surface area contributed by atoms with E-state index in [4.69, 9.17) is 9.47 Å². The maximum absolute atomic E-state index is 12.4. The van der Waals surface area contributed by atoms with Crippen LogP contribution in [0.1, 0.15) is 38.7 Å². The van der Waals surface area contributed by atoms with Crippen molar-refractivity contribution in [3.05, 3.63) is 57.3 Å². The molecule has 0 aromatic heterocycles. The Morgan fingerprint density at radius 1 is 1.35 bits per heavy atom.